The van der Waals surface area contributed by atoms with Crippen molar-refractivity contribution in [2.45, 2.75) is 13.5 Å². The van der Waals surface area contributed by atoms with Crippen molar-refractivity contribution in [2.24, 2.45) is 0 Å². The molecule has 0 radical (unpaired) electrons. The van der Waals surface area contributed by atoms with Crippen molar-refractivity contribution in [1.82, 2.24) is 5.32 Å². The van der Waals surface area contributed by atoms with Gasteiger partial charge in [0.25, 0.3) is 5.91 Å². The Morgan fingerprint density at radius 2 is 2.05 bits per heavy atom. The van der Waals surface area contributed by atoms with Crippen LogP contribution in [0.1, 0.15) is 24.3 Å². The zero-order valence-corrected chi connectivity index (χ0v) is 12.4. The number of thiophene rings is 2. The quantitative estimate of drug-likeness (QED) is 0.834. The van der Waals surface area contributed by atoms with Crippen molar-refractivity contribution in [3.63, 3.8) is 0 Å². The van der Waals surface area contributed by atoms with Gasteiger partial charge in [0.15, 0.2) is 0 Å². The lowest BCUT2D eigenvalue weighted by atomic mass is 10.3. The van der Waals surface area contributed by atoms with Gasteiger partial charge in [-0.1, -0.05) is 0 Å². The van der Waals surface area contributed by atoms with Crippen LogP contribution in [0.25, 0.3) is 6.08 Å². The van der Waals surface area contributed by atoms with Crippen LogP contribution in [0.3, 0.4) is 0 Å². The van der Waals surface area contributed by atoms with E-state index in [4.69, 9.17) is 5.11 Å². The molecule has 0 aromatic carbocycles. The first kappa shape index (κ1) is 14.5. The average molecular weight is 307 g/mol. The first-order valence-corrected chi connectivity index (χ1v) is 7.52. The summed E-state index contributed by atoms with van der Waals surface area (Å²) in [4.78, 5) is 26.0. The maximum atomic E-state index is 11.9. The predicted octanol–water partition coefficient (Wildman–Crippen LogP) is 3.15. The number of hydrogen-bond donors (Lipinski definition) is 2. The number of hydrogen-bond acceptors (Lipinski definition) is 4. The van der Waals surface area contributed by atoms with Crippen LogP contribution >= 0.6 is 22.7 Å². The molecule has 2 aromatic rings. The molecule has 4 nitrogen and oxygen atoms in total. The number of amides is 1. The summed E-state index contributed by atoms with van der Waals surface area (Å²) in [5.74, 6) is -1.14. The molecule has 0 unspecified atom stereocenters. The molecule has 2 heterocycles. The molecule has 0 fully saturated rings. The second-order valence-corrected chi connectivity index (χ2v) is 6.56. The summed E-state index contributed by atoms with van der Waals surface area (Å²) in [6.45, 7) is 2.53. The topological polar surface area (TPSA) is 66.4 Å². The third kappa shape index (κ3) is 4.04. The smallest absolute Gasteiger partial charge is 0.328 e. The van der Waals surface area contributed by atoms with Gasteiger partial charge in [-0.2, -0.15) is 0 Å². The minimum absolute atomic E-state index is 0.143. The van der Waals surface area contributed by atoms with Gasteiger partial charge in [-0.3, -0.25) is 4.79 Å². The summed E-state index contributed by atoms with van der Waals surface area (Å²) in [5, 5.41) is 11.4. The molecule has 2 rings (SSSR count). The van der Waals surface area contributed by atoms with Gasteiger partial charge in [-0.25, -0.2) is 4.79 Å². The Bertz CT molecular complexity index is 655. The lowest BCUT2D eigenvalue weighted by Gasteiger charge is -2.00. The molecule has 0 aliphatic heterocycles. The summed E-state index contributed by atoms with van der Waals surface area (Å²) in [5.41, 5.74) is 0. The molecule has 0 bridgehead atoms. The van der Waals surface area contributed by atoms with Crippen molar-refractivity contribution in [2.75, 3.05) is 0 Å². The van der Waals surface area contributed by atoms with E-state index < -0.39 is 5.97 Å². The summed E-state index contributed by atoms with van der Waals surface area (Å²) in [6, 6.07) is 7.44. The van der Waals surface area contributed by atoms with Gasteiger partial charge in [0, 0.05) is 20.7 Å². The molecule has 104 valence electrons. The van der Waals surface area contributed by atoms with Crippen LogP contribution in [0.5, 0.6) is 0 Å². The van der Waals surface area contributed by atoms with Gasteiger partial charge in [-0.05, 0) is 37.3 Å². The van der Waals surface area contributed by atoms with E-state index in [9.17, 15) is 9.59 Å². The third-order valence-electron chi connectivity index (χ3n) is 2.46. The van der Waals surface area contributed by atoms with Crippen LogP contribution < -0.4 is 5.32 Å². The summed E-state index contributed by atoms with van der Waals surface area (Å²) in [6.07, 6.45) is 2.54. The first-order valence-electron chi connectivity index (χ1n) is 5.89. The molecule has 0 saturated heterocycles. The second kappa shape index (κ2) is 6.49. The van der Waals surface area contributed by atoms with Gasteiger partial charge in [-0.15, -0.1) is 22.7 Å². The van der Waals surface area contributed by atoms with E-state index in [0.717, 1.165) is 15.8 Å². The number of rotatable bonds is 5. The summed E-state index contributed by atoms with van der Waals surface area (Å²) >= 11 is 2.92. The number of carboxylic acids is 1. The van der Waals surface area contributed by atoms with Crippen LogP contribution in [0.4, 0.5) is 0 Å². The number of carboxylic acid groups (broad SMARTS) is 1. The Labute approximate surface area is 124 Å². The fourth-order valence-corrected chi connectivity index (χ4v) is 3.21. The summed E-state index contributed by atoms with van der Waals surface area (Å²) in [7, 11) is 0. The number of aryl methyl sites for hydroxylation is 1. The molecule has 0 saturated carbocycles. The SMILES string of the molecule is Cc1ccc(CNC(=O)c2ccc(C=CC(=O)O)s2)s1. The molecular formula is C14H13NO3S2. The molecule has 2 N–H and O–H groups in total. The lowest BCUT2D eigenvalue weighted by Crippen LogP contribution is -2.21. The Kier molecular flexibility index (Phi) is 4.70. The molecule has 0 atom stereocenters. The van der Waals surface area contributed by atoms with E-state index in [2.05, 4.69) is 5.32 Å². The van der Waals surface area contributed by atoms with Crippen LogP contribution in [-0.2, 0) is 11.3 Å². The fraction of sp³-hybridized carbons (Fsp3) is 0.143. The molecule has 20 heavy (non-hydrogen) atoms. The maximum Gasteiger partial charge on any atom is 0.328 e. The molecule has 2 aromatic heterocycles. The largest absolute Gasteiger partial charge is 0.478 e. The molecule has 0 aliphatic carbocycles. The monoisotopic (exact) mass is 307 g/mol. The van der Waals surface area contributed by atoms with Crippen molar-refractivity contribution >= 4 is 40.6 Å². The third-order valence-corrected chi connectivity index (χ3v) is 4.51. The molecular weight excluding hydrogens is 294 g/mol. The minimum Gasteiger partial charge on any atom is -0.478 e. The fourth-order valence-electron chi connectivity index (χ4n) is 1.55. The van der Waals surface area contributed by atoms with E-state index in [0.29, 0.717) is 11.4 Å². The van der Waals surface area contributed by atoms with Gasteiger partial charge < -0.3 is 10.4 Å². The number of aliphatic carboxylic acids is 1. The normalized spacial score (nSPS) is 10.8. The molecule has 6 heteroatoms. The van der Waals surface area contributed by atoms with Gasteiger partial charge in [0.2, 0.25) is 0 Å². The molecule has 0 aliphatic rings. The van der Waals surface area contributed by atoms with Crippen molar-refractivity contribution < 1.29 is 14.7 Å². The van der Waals surface area contributed by atoms with Crippen molar-refractivity contribution in [3.8, 4) is 0 Å². The lowest BCUT2D eigenvalue weighted by molar-refractivity contribution is -0.131. The summed E-state index contributed by atoms with van der Waals surface area (Å²) < 4.78 is 0. The zero-order chi connectivity index (χ0) is 14.5. The van der Waals surface area contributed by atoms with Gasteiger partial charge >= 0.3 is 5.97 Å². The highest BCUT2D eigenvalue weighted by Crippen LogP contribution is 2.19. The van der Waals surface area contributed by atoms with E-state index in [-0.39, 0.29) is 5.91 Å². The van der Waals surface area contributed by atoms with Gasteiger partial charge in [0.05, 0.1) is 11.4 Å². The highest BCUT2D eigenvalue weighted by molar-refractivity contribution is 7.14. The standard InChI is InChI=1S/C14H13NO3S2/c1-9-2-3-11(19-9)8-15-14(18)12-6-4-10(20-12)5-7-13(16)17/h2-7H,8H2,1H3,(H,15,18)(H,16,17). The van der Waals surface area contributed by atoms with E-state index in [1.807, 2.05) is 19.1 Å². The van der Waals surface area contributed by atoms with Crippen LogP contribution in [-0.4, -0.2) is 17.0 Å². The Hall–Kier alpha value is -1.92. The van der Waals surface area contributed by atoms with E-state index in [1.54, 1.807) is 23.5 Å². The Morgan fingerprint density at radius 1 is 1.25 bits per heavy atom. The van der Waals surface area contributed by atoms with E-state index >= 15 is 0 Å². The number of nitrogens with one attached hydrogen (secondary N) is 1. The average Bonchev–Trinajstić information content (AvgIpc) is 3.02. The minimum atomic E-state index is -1.00. The second-order valence-electron chi connectivity index (χ2n) is 4.07. The molecule has 1 amide bonds. The van der Waals surface area contributed by atoms with Crippen LogP contribution in [0.2, 0.25) is 0 Å². The van der Waals surface area contributed by atoms with Crippen LogP contribution in [0.15, 0.2) is 30.3 Å². The van der Waals surface area contributed by atoms with Gasteiger partial charge in [0.1, 0.15) is 0 Å². The Balaban J connectivity index is 1.94. The first-order chi connectivity index (χ1) is 9.54. The highest BCUT2D eigenvalue weighted by Gasteiger charge is 2.08. The van der Waals surface area contributed by atoms with E-state index in [1.165, 1.54) is 22.3 Å². The highest BCUT2D eigenvalue weighted by atomic mass is 32.1. The maximum absolute atomic E-state index is 11.9. The van der Waals surface area contributed by atoms with Crippen molar-refractivity contribution in [3.05, 3.63) is 49.9 Å². The van der Waals surface area contributed by atoms with Crippen LogP contribution in [0, 0.1) is 6.92 Å². The molecule has 0 spiro atoms. The number of carbonyl (C=O) groups excluding carboxylic acids is 1. The zero-order valence-electron chi connectivity index (χ0n) is 10.8. The predicted molar refractivity (Wildman–Crippen MR) is 81.2 cm³/mol. The Morgan fingerprint density at radius 3 is 2.70 bits per heavy atom. The number of carbonyl (C=O) groups is 2. The van der Waals surface area contributed by atoms with Crippen molar-refractivity contribution in [1.29, 1.82) is 0 Å².